The van der Waals surface area contributed by atoms with Gasteiger partial charge in [0, 0.05) is 23.7 Å². The number of hydrogen-bond donors (Lipinski definition) is 1. The lowest BCUT2D eigenvalue weighted by Gasteiger charge is -2.14. The summed E-state index contributed by atoms with van der Waals surface area (Å²) >= 11 is 0. The van der Waals surface area contributed by atoms with E-state index in [-0.39, 0.29) is 17.5 Å². The van der Waals surface area contributed by atoms with Gasteiger partial charge in [0.25, 0.3) is 11.5 Å². The van der Waals surface area contributed by atoms with E-state index in [0.717, 1.165) is 17.5 Å². The minimum absolute atomic E-state index is 0.107. The maximum absolute atomic E-state index is 13.1. The highest BCUT2D eigenvalue weighted by molar-refractivity contribution is 5.94. The van der Waals surface area contributed by atoms with E-state index >= 15 is 0 Å². The Labute approximate surface area is 165 Å². The van der Waals surface area contributed by atoms with Crippen LogP contribution in [0, 0.1) is 5.92 Å². The molecule has 3 rings (SSSR count). The van der Waals surface area contributed by atoms with Gasteiger partial charge < -0.3 is 9.88 Å². The molecule has 0 aliphatic rings. The van der Waals surface area contributed by atoms with E-state index in [9.17, 15) is 9.59 Å². The van der Waals surface area contributed by atoms with Gasteiger partial charge in [-0.2, -0.15) is 0 Å². The summed E-state index contributed by atoms with van der Waals surface area (Å²) in [6.07, 6.45) is 0.875. The lowest BCUT2D eigenvalue weighted by molar-refractivity contribution is 0.0939. The average molecular weight is 377 g/mol. The number of nitrogens with zero attached hydrogens (tertiary/aromatic N) is 2. The number of aromatic nitrogens is 2. The van der Waals surface area contributed by atoms with Crippen molar-refractivity contribution in [1.82, 2.24) is 14.9 Å². The normalized spacial score (nSPS) is 12.3. The number of benzene rings is 2. The molecule has 0 aliphatic heterocycles. The van der Waals surface area contributed by atoms with Gasteiger partial charge in [0.15, 0.2) is 0 Å². The molecule has 0 radical (unpaired) electrons. The van der Waals surface area contributed by atoms with E-state index in [4.69, 9.17) is 0 Å². The Bertz CT molecular complexity index is 1040. The Morgan fingerprint density at radius 3 is 2.39 bits per heavy atom. The summed E-state index contributed by atoms with van der Waals surface area (Å²) < 4.78 is 1.80. The minimum Gasteiger partial charge on any atom is -0.350 e. The fraction of sp³-hybridized carbons (Fsp3) is 0.348. The Morgan fingerprint density at radius 1 is 1.07 bits per heavy atom. The zero-order valence-corrected chi connectivity index (χ0v) is 16.9. The van der Waals surface area contributed by atoms with E-state index in [1.165, 1.54) is 0 Å². The zero-order chi connectivity index (χ0) is 20.3. The van der Waals surface area contributed by atoms with Crippen molar-refractivity contribution in [3.05, 3.63) is 64.4 Å². The van der Waals surface area contributed by atoms with Gasteiger partial charge in [-0.1, -0.05) is 45.0 Å². The number of hydrogen-bond acceptors (Lipinski definition) is 3. The van der Waals surface area contributed by atoms with Crippen molar-refractivity contribution in [2.24, 2.45) is 5.92 Å². The summed E-state index contributed by atoms with van der Waals surface area (Å²) in [6, 6.07) is 14.9. The molecule has 1 atom stereocenters. The van der Waals surface area contributed by atoms with E-state index in [0.29, 0.717) is 29.3 Å². The molecule has 1 N–H and O–H groups in total. The third-order valence-corrected chi connectivity index (χ3v) is 4.81. The predicted octanol–water partition coefficient (Wildman–Crippen LogP) is 4.25. The average Bonchev–Trinajstić information content (AvgIpc) is 2.69. The quantitative estimate of drug-likeness (QED) is 0.698. The molecule has 5 nitrogen and oxygen atoms in total. The first-order valence-corrected chi connectivity index (χ1v) is 9.81. The highest BCUT2D eigenvalue weighted by Crippen LogP contribution is 2.19. The van der Waals surface area contributed by atoms with Crippen molar-refractivity contribution < 1.29 is 4.79 Å². The second-order valence-electron chi connectivity index (χ2n) is 7.62. The Kier molecular flexibility index (Phi) is 5.93. The molecule has 28 heavy (non-hydrogen) atoms. The highest BCUT2D eigenvalue weighted by Gasteiger charge is 2.15. The third-order valence-electron chi connectivity index (χ3n) is 4.81. The van der Waals surface area contributed by atoms with Gasteiger partial charge in [0.2, 0.25) is 0 Å². The second kappa shape index (κ2) is 8.38. The molecule has 1 aromatic heterocycles. The van der Waals surface area contributed by atoms with Crippen LogP contribution < -0.4 is 10.9 Å². The summed E-state index contributed by atoms with van der Waals surface area (Å²) in [7, 11) is 0. The van der Waals surface area contributed by atoms with E-state index in [2.05, 4.69) is 24.1 Å². The van der Waals surface area contributed by atoms with E-state index in [1.807, 2.05) is 38.1 Å². The number of fused-ring (bicyclic) bond motifs is 1. The van der Waals surface area contributed by atoms with Gasteiger partial charge in [-0.25, -0.2) is 4.98 Å². The molecule has 146 valence electrons. The fourth-order valence-electron chi connectivity index (χ4n) is 3.12. The molecule has 0 spiro atoms. The minimum atomic E-state index is -0.107. The standard InChI is InChI=1S/C23H27N3O2/c1-5-16(4)24-22(27)18-12-10-17(11-13-18)21-23(28)26(14-15(2)3)20-9-7-6-8-19(20)25-21/h6-13,15-16H,5,14H2,1-4H3,(H,24,27)/t16-/m0/s1. The van der Waals surface area contributed by atoms with Crippen LogP contribution in [-0.2, 0) is 6.54 Å². The number of amides is 1. The molecule has 0 saturated carbocycles. The Balaban J connectivity index is 2.03. The van der Waals surface area contributed by atoms with Gasteiger partial charge >= 0.3 is 0 Å². The molecule has 1 heterocycles. The smallest absolute Gasteiger partial charge is 0.277 e. The van der Waals surface area contributed by atoms with Gasteiger partial charge in [-0.05, 0) is 43.5 Å². The molecule has 0 saturated heterocycles. The lowest BCUT2D eigenvalue weighted by Crippen LogP contribution is -2.31. The first-order chi connectivity index (χ1) is 13.4. The molecule has 2 aromatic carbocycles. The van der Waals surface area contributed by atoms with Crippen LogP contribution in [0.4, 0.5) is 0 Å². The van der Waals surface area contributed by atoms with Gasteiger partial charge in [0.05, 0.1) is 11.0 Å². The third kappa shape index (κ3) is 4.14. The maximum Gasteiger partial charge on any atom is 0.277 e. The zero-order valence-electron chi connectivity index (χ0n) is 16.9. The van der Waals surface area contributed by atoms with Crippen LogP contribution in [0.2, 0.25) is 0 Å². The van der Waals surface area contributed by atoms with Crippen molar-refractivity contribution >= 4 is 16.9 Å². The molecule has 0 bridgehead atoms. The number of nitrogens with one attached hydrogen (secondary N) is 1. The van der Waals surface area contributed by atoms with Crippen LogP contribution >= 0.6 is 0 Å². The van der Waals surface area contributed by atoms with Crippen LogP contribution in [-0.4, -0.2) is 21.5 Å². The first kappa shape index (κ1) is 19.8. The molecule has 5 heteroatoms. The molecule has 0 unspecified atom stereocenters. The largest absolute Gasteiger partial charge is 0.350 e. The van der Waals surface area contributed by atoms with Crippen LogP contribution in [0.1, 0.15) is 44.5 Å². The van der Waals surface area contributed by atoms with E-state index in [1.54, 1.807) is 28.8 Å². The maximum atomic E-state index is 13.1. The van der Waals surface area contributed by atoms with Crippen molar-refractivity contribution in [2.75, 3.05) is 0 Å². The van der Waals surface area contributed by atoms with Crippen molar-refractivity contribution in [1.29, 1.82) is 0 Å². The van der Waals surface area contributed by atoms with Gasteiger partial charge in [-0.3, -0.25) is 9.59 Å². The number of carbonyl (C=O) groups is 1. The molecule has 3 aromatic rings. The molecule has 0 aliphatic carbocycles. The predicted molar refractivity (Wildman–Crippen MR) is 113 cm³/mol. The lowest BCUT2D eigenvalue weighted by atomic mass is 10.1. The summed E-state index contributed by atoms with van der Waals surface area (Å²) in [4.78, 5) is 30.0. The van der Waals surface area contributed by atoms with Crippen LogP contribution in [0.15, 0.2) is 53.3 Å². The number of carbonyl (C=O) groups excluding carboxylic acids is 1. The first-order valence-electron chi connectivity index (χ1n) is 9.81. The van der Waals surface area contributed by atoms with Crippen LogP contribution in [0.25, 0.3) is 22.3 Å². The SMILES string of the molecule is CC[C@H](C)NC(=O)c1ccc(-c2nc3ccccc3n(CC(C)C)c2=O)cc1. The highest BCUT2D eigenvalue weighted by atomic mass is 16.1. The summed E-state index contributed by atoms with van der Waals surface area (Å²) in [5, 5.41) is 2.95. The molecular formula is C23H27N3O2. The molecule has 0 fully saturated rings. The van der Waals surface area contributed by atoms with Crippen molar-refractivity contribution in [3.63, 3.8) is 0 Å². The van der Waals surface area contributed by atoms with Crippen molar-refractivity contribution in [2.45, 2.75) is 46.7 Å². The topological polar surface area (TPSA) is 64.0 Å². The van der Waals surface area contributed by atoms with Gasteiger partial charge in [0.1, 0.15) is 5.69 Å². The van der Waals surface area contributed by atoms with Crippen LogP contribution in [0.3, 0.4) is 0 Å². The monoisotopic (exact) mass is 377 g/mol. The number of para-hydroxylation sites is 2. The summed E-state index contributed by atoms with van der Waals surface area (Å²) in [6.45, 7) is 8.81. The van der Waals surface area contributed by atoms with E-state index < -0.39 is 0 Å². The van der Waals surface area contributed by atoms with Crippen molar-refractivity contribution in [3.8, 4) is 11.3 Å². The van der Waals surface area contributed by atoms with Gasteiger partial charge in [-0.15, -0.1) is 0 Å². The molecular weight excluding hydrogens is 350 g/mol. The number of rotatable bonds is 6. The summed E-state index contributed by atoms with van der Waals surface area (Å²) in [5.41, 5.74) is 3.23. The Hall–Kier alpha value is -2.95. The second-order valence-corrected chi connectivity index (χ2v) is 7.62. The molecule has 1 amide bonds. The summed E-state index contributed by atoms with van der Waals surface area (Å²) in [5.74, 6) is 0.229. The fourth-order valence-corrected chi connectivity index (χ4v) is 3.12. The van der Waals surface area contributed by atoms with Crippen LogP contribution in [0.5, 0.6) is 0 Å². The Morgan fingerprint density at radius 2 is 1.75 bits per heavy atom.